The second-order valence-electron chi connectivity index (χ2n) is 3.78. The number of thioether (sulfide) groups is 1. The molecular weight excluding hydrogens is 252 g/mol. The number of rotatable bonds is 4. The van der Waals surface area contributed by atoms with Gasteiger partial charge in [-0.25, -0.2) is 0 Å². The van der Waals surface area contributed by atoms with E-state index in [0.29, 0.717) is 16.7 Å². The Bertz CT molecular complexity index is 630. The average Bonchev–Trinajstić information content (AvgIpc) is 2.33. The van der Waals surface area contributed by atoms with Gasteiger partial charge in [0.25, 0.3) is 5.56 Å². The molecule has 1 aromatic carbocycles. The standard InChI is InChI=1S/C12H14N2OS2/c1-17-8-4-7-14-11(15)9-5-2-3-6-10(9)13-12(14)16/h2-3,5-6H,4,7-8H2,1H3,(H,13,16). The lowest BCUT2D eigenvalue weighted by Crippen LogP contribution is -2.22. The van der Waals surface area contributed by atoms with Crippen LogP contribution in [0.25, 0.3) is 10.9 Å². The zero-order valence-corrected chi connectivity index (χ0v) is 11.2. The van der Waals surface area contributed by atoms with Crippen molar-refractivity contribution in [1.29, 1.82) is 0 Å². The summed E-state index contributed by atoms with van der Waals surface area (Å²) in [6.07, 6.45) is 3.01. The number of hydrogen-bond acceptors (Lipinski definition) is 3. The summed E-state index contributed by atoms with van der Waals surface area (Å²) in [6.45, 7) is 0.680. The van der Waals surface area contributed by atoms with E-state index < -0.39 is 0 Å². The minimum absolute atomic E-state index is 0.00505. The minimum atomic E-state index is 0.00505. The highest BCUT2D eigenvalue weighted by atomic mass is 32.2. The Morgan fingerprint density at radius 1 is 1.41 bits per heavy atom. The number of hydrogen-bond donors (Lipinski definition) is 1. The van der Waals surface area contributed by atoms with Crippen molar-refractivity contribution in [3.63, 3.8) is 0 Å². The minimum Gasteiger partial charge on any atom is -0.332 e. The predicted molar refractivity (Wildman–Crippen MR) is 76.4 cm³/mol. The van der Waals surface area contributed by atoms with Crippen molar-refractivity contribution >= 4 is 34.9 Å². The molecule has 1 N–H and O–H groups in total. The van der Waals surface area contributed by atoms with Gasteiger partial charge in [-0.1, -0.05) is 12.1 Å². The first kappa shape index (κ1) is 12.4. The quantitative estimate of drug-likeness (QED) is 0.683. The van der Waals surface area contributed by atoms with Crippen molar-refractivity contribution in [1.82, 2.24) is 9.55 Å². The maximum Gasteiger partial charge on any atom is 0.262 e. The molecule has 2 aromatic rings. The molecule has 0 amide bonds. The fourth-order valence-electron chi connectivity index (χ4n) is 1.77. The summed E-state index contributed by atoms with van der Waals surface area (Å²) >= 11 is 6.99. The van der Waals surface area contributed by atoms with Gasteiger partial charge in [-0.2, -0.15) is 11.8 Å². The van der Waals surface area contributed by atoms with Crippen LogP contribution in [0.4, 0.5) is 0 Å². The highest BCUT2D eigenvalue weighted by molar-refractivity contribution is 7.98. The van der Waals surface area contributed by atoms with Gasteiger partial charge in [0.1, 0.15) is 0 Å². The maximum atomic E-state index is 12.2. The van der Waals surface area contributed by atoms with E-state index in [0.717, 1.165) is 17.7 Å². The van der Waals surface area contributed by atoms with Crippen LogP contribution in [0, 0.1) is 4.77 Å². The van der Waals surface area contributed by atoms with Crippen LogP contribution in [0.2, 0.25) is 0 Å². The molecule has 0 aliphatic heterocycles. The highest BCUT2D eigenvalue weighted by Crippen LogP contribution is 2.06. The van der Waals surface area contributed by atoms with Gasteiger partial charge in [-0.15, -0.1) is 0 Å². The fraction of sp³-hybridized carbons (Fsp3) is 0.333. The van der Waals surface area contributed by atoms with Crippen LogP contribution in [0.3, 0.4) is 0 Å². The molecule has 0 aliphatic carbocycles. The average molecular weight is 266 g/mol. The number of aromatic amines is 1. The molecule has 17 heavy (non-hydrogen) atoms. The smallest absolute Gasteiger partial charge is 0.262 e. The summed E-state index contributed by atoms with van der Waals surface area (Å²) in [4.78, 5) is 15.3. The van der Waals surface area contributed by atoms with Crippen molar-refractivity contribution in [3.05, 3.63) is 39.4 Å². The van der Waals surface area contributed by atoms with Crippen molar-refractivity contribution in [2.75, 3.05) is 12.0 Å². The Kier molecular flexibility index (Phi) is 4.02. The Labute approximate surface area is 109 Å². The van der Waals surface area contributed by atoms with E-state index in [-0.39, 0.29) is 5.56 Å². The Morgan fingerprint density at radius 2 is 2.18 bits per heavy atom. The van der Waals surface area contributed by atoms with E-state index in [1.165, 1.54) is 0 Å². The molecule has 0 unspecified atom stereocenters. The third kappa shape index (κ3) is 2.61. The van der Waals surface area contributed by atoms with Gasteiger partial charge in [-0.05, 0) is 42.8 Å². The molecule has 5 heteroatoms. The van der Waals surface area contributed by atoms with Gasteiger partial charge in [0.05, 0.1) is 10.9 Å². The maximum absolute atomic E-state index is 12.2. The lowest BCUT2D eigenvalue weighted by atomic mass is 10.2. The zero-order valence-electron chi connectivity index (χ0n) is 9.60. The molecule has 1 aromatic heterocycles. The summed E-state index contributed by atoms with van der Waals surface area (Å²) < 4.78 is 2.16. The number of para-hydroxylation sites is 1. The summed E-state index contributed by atoms with van der Waals surface area (Å²) in [5.41, 5.74) is 0.814. The largest absolute Gasteiger partial charge is 0.332 e. The predicted octanol–water partition coefficient (Wildman–Crippen LogP) is 2.81. The van der Waals surface area contributed by atoms with Gasteiger partial charge in [0, 0.05) is 6.54 Å². The van der Waals surface area contributed by atoms with Crippen LogP contribution < -0.4 is 5.56 Å². The third-order valence-corrected chi connectivity index (χ3v) is 3.64. The van der Waals surface area contributed by atoms with Crippen LogP contribution >= 0.6 is 24.0 Å². The van der Waals surface area contributed by atoms with E-state index in [9.17, 15) is 4.79 Å². The van der Waals surface area contributed by atoms with Gasteiger partial charge >= 0.3 is 0 Å². The molecule has 0 bridgehead atoms. The number of H-pyrrole nitrogens is 1. The van der Waals surface area contributed by atoms with Crippen molar-refractivity contribution < 1.29 is 0 Å². The molecule has 0 atom stereocenters. The second-order valence-corrected chi connectivity index (χ2v) is 5.15. The molecule has 2 rings (SSSR count). The summed E-state index contributed by atoms with van der Waals surface area (Å²) in [5.74, 6) is 1.04. The topological polar surface area (TPSA) is 37.8 Å². The van der Waals surface area contributed by atoms with E-state index in [2.05, 4.69) is 11.2 Å². The first-order chi connectivity index (χ1) is 8.24. The third-order valence-electron chi connectivity index (χ3n) is 2.62. The fourth-order valence-corrected chi connectivity index (χ4v) is 2.47. The number of fused-ring (bicyclic) bond motifs is 1. The summed E-state index contributed by atoms with van der Waals surface area (Å²) in [5, 5.41) is 0.699. The molecule has 0 saturated heterocycles. The number of nitrogens with one attached hydrogen (secondary N) is 1. The van der Waals surface area contributed by atoms with E-state index in [1.54, 1.807) is 16.3 Å². The monoisotopic (exact) mass is 266 g/mol. The summed E-state index contributed by atoms with van der Waals surface area (Å²) in [6, 6.07) is 7.46. The number of aromatic nitrogens is 2. The molecule has 0 aliphatic rings. The van der Waals surface area contributed by atoms with Crippen LogP contribution in [0.5, 0.6) is 0 Å². The zero-order chi connectivity index (χ0) is 12.3. The first-order valence-electron chi connectivity index (χ1n) is 5.45. The van der Waals surface area contributed by atoms with Crippen molar-refractivity contribution in [2.24, 2.45) is 0 Å². The number of benzene rings is 1. The highest BCUT2D eigenvalue weighted by Gasteiger charge is 2.04. The van der Waals surface area contributed by atoms with Crippen LogP contribution in [0.15, 0.2) is 29.1 Å². The molecule has 0 spiro atoms. The lowest BCUT2D eigenvalue weighted by molar-refractivity contribution is 0.642. The molecule has 0 radical (unpaired) electrons. The van der Waals surface area contributed by atoms with Crippen LogP contribution in [-0.2, 0) is 6.54 Å². The molecular formula is C12H14N2OS2. The molecule has 90 valence electrons. The Morgan fingerprint density at radius 3 is 2.94 bits per heavy atom. The van der Waals surface area contributed by atoms with Crippen molar-refractivity contribution in [2.45, 2.75) is 13.0 Å². The van der Waals surface area contributed by atoms with E-state index >= 15 is 0 Å². The van der Waals surface area contributed by atoms with Gasteiger partial charge in [-0.3, -0.25) is 9.36 Å². The number of nitrogens with zero attached hydrogens (tertiary/aromatic N) is 1. The van der Waals surface area contributed by atoms with Gasteiger partial charge in [0.15, 0.2) is 4.77 Å². The van der Waals surface area contributed by atoms with Gasteiger partial charge < -0.3 is 4.98 Å². The SMILES string of the molecule is CSCCCn1c(=S)[nH]c2ccccc2c1=O. The van der Waals surface area contributed by atoms with Crippen LogP contribution in [0.1, 0.15) is 6.42 Å². The Hall–Kier alpha value is -1.07. The molecule has 0 saturated carbocycles. The second kappa shape index (κ2) is 5.51. The first-order valence-corrected chi connectivity index (χ1v) is 7.25. The molecule has 0 fully saturated rings. The normalized spacial score (nSPS) is 10.9. The summed E-state index contributed by atoms with van der Waals surface area (Å²) in [7, 11) is 0. The van der Waals surface area contributed by atoms with Crippen LogP contribution in [-0.4, -0.2) is 21.6 Å². The van der Waals surface area contributed by atoms with E-state index in [1.807, 2.05) is 24.3 Å². The molecule has 1 heterocycles. The molecule has 3 nitrogen and oxygen atoms in total. The lowest BCUT2D eigenvalue weighted by Gasteiger charge is -2.07. The van der Waals surface area contributed by atoms with Crippen molar-refractivity contribution in [3.8, 4) is 0 Å². The van der Waals surface area contributed by atoms with E-state index in [4.69, 9.17) is 12.2 Å². The van der Waals surface area contributed by atoms with Gasteiger partial charge in [0.2, 0.25) is 0 Å². The Balaban J connectivity index is 2.49.